The Hall–Kier alpha value is -2.67. The van der Waals surface area contributed by atoms with E-state index in [1.807, 2.05) is 23.6 Å². The lowest BCUT2D eigenvalue weighted by molar-refractivity contribution is -0.135. The summed E-state index contributed by atoms with van der Waals surface area (Å²) in [4.78, 5) is 30.6. The van der Waals surface area contributed by atoms with Crippen molar-refractivity contribution < 1.29 is 18.4 Å². The molecule has 7 heteroatoms. The largest absolute Gasteiger partial charge is 0.461 e. The highest BCUT2D eigenvalue weighted by molar-refractivity contribution is 5.78. The van der Waals surface area contributed by atoms with Crippen LogP contribution in [0.3, 0.4) is 0 Å². The summed E-state index contributed by atoms with van der Waals surface area (Å²) in [5.74, 6) is 1.04. The number of nitrogens with zero attached hydrogens (tertiary/aromatic N) is 3. The number of halogens is 1. The van der Waals surface area contributed by atoms with Crippen molar-refractivity contribution in [1.82, 2.24) is 14.7 Å². The van der Waals surface area contributed by atoms with Crippen LogP contribution in [0.2, 0.25) is 0 Å². The molecule has 3 rings (SSSR count). The molecule has 0 aliphatic carbocycles. The van der Waals surface area contributed by atoms with E-state index in [2.05, 4.69) is 4.90 Å². The number of amides is 2. The Morgan fingerprint density at radius 2 is 1.73 bits per heavy atom. The van der Waals surface area contributed by atoms with Crippen LogP contribution in [0.15, 0.2) is 40.8 Å². The molecule has 2 heterocycles. The van der Waals surface area contributed by atoms with Gasteiger partial charge < -0.3 is 14.2 Å². The van der Waals surface area contributed by atoms with E-state index in [0.29, 0.717) is 62.6 Å². The second-order valence-electron chi connectivity index (χ2n) is 7.47. The topological polar surface area (TPSA) is 57.0 Å². The number of aryl methyl sites for hydroxylation is 1. The number of hydrogen-bond acceptors (Lipinski definition) is 4. The average Bonchev–Trinajstić information content (AvgIpc) is 3.22. The second-order valence-corrected chi connectivity index (χ2v) is 7.47. The molecule has 0 bridgehead atoms. The minimum atomic E-state index is -0.327. The third kappa shape index (κ3) is 5.48. The smallest absolute Gasteiger partial charge is 0.236 e. The van der Waals surface area contributed by atoms with Crippen molar-refractivity contribution in [3.05, 3.63) is 48.0 Å². The number of furan rings is 1. The molecule has 0 unspecified atom stereocenters. The van der Waals surface area contributed by atoms with Crippen molar-refractivity contribution in [3.63, 3.8) is 0 Å². The lowest BCUT2D eigenvalue weighted by atomic mass is 10.1. The maximum atomic E-state index is 13.9. The van der Waals surface area contributed by atoms with Gasteiger partial charge in [-0.1, -0.05) is 12.1 Å². The van der Waals surface area contributed by atoms with Crippen LogP contribution in [0.1, 0.15) is 26.0 Å². The summed E-state index contributed by atoms with van der Waals surface area (Å²) in [5, 5.41) is 0. The van der Waals surface area contributed by atoms with Gasteiger partial charge in [0.25, 0.3) is 0 Å². The van der Waals surface area contributed by atoms with Crippen LogP contribution < -0.4 is 0 Å². The molecule has 1 saturated heterocycles. The van der Waals surface area contributed by atoms with Crippen molar-refractivity contribution in [3.8, 4) is 11.3 Å². The molecule has 0 N–H and O–H groups in total. The average molecular weight is 416 g/mol. The van der Waals surface area contributed by atoms with Gasteiger partial charge in [-0.25, -0.2) is 4.39 Å². The predicted molar refractivity (Wildman–Crippen MR) is 113 cm³/mol. The number of carbonyl (C=O) groups excluding carboxylic acids is 2. The first kappa shape index (κ1) is 22.0. The van der Waals surface area contributed by atoms with Crippen LogP contribution in [-0.4, -0.2) is 72.3 Å². The molecule has 1 aliphatic heterocycles. The molecule has 0 atom stereocenters. The van der Waals surface area contributed by atoms with E-state index in [-0.39, 0.29) is 17.6 Å². The second kappa shape index (κ2) is 10.4. The highest BCUT2D eigenvalue weighted by Gasteiger charge is 2.23. The van der Waals surface area contributed by atoms with Gasteiger partial charge in [-0.3, -0.25) is 14.5 Å². The van der Waals surface area contributed by atoms with Crippen LogP contribution in [0, 0.1) is 5.82 Å². The Kier molecular flexibility index (Phi) is 7.63. The lowest BCUT2D eigenvalue weighted by Crippen LogP contribution is -2.51. The van der Waals surface area contributed by atoms with E-state index in [4.69, 9.17) is 4.42 Å². The number of benzene rings is 1. The standard InChI is InChI=1S/C23H30FN3O3/c1-3-26(4-2)23(29)17-25-13-15-27(16-14-25)22(28)12-10-18-9-11-21(30-18)19-7-5-6-8-20(19)24/h5-9,11H,3-4,10,12-17H2,1-2H3. The molecule has 6 nitrogen and oxygen atoms in total. The number of likely N-dealkylation sites (N-methyl/N-ethyl adjacent to an activating group) is 1. The van der Waals surface area contributed by atoms with E-state index in [0.717, 1.165) is 13.1 Å². The summed E-state index contributed by atoms with van der Waals surface area (Å²) in [7, 11) is 0. The molecular weight excluding hydrogens is 385 g/mol. The summed E-state index contributed by atoms with van der Waals surface area (Å²) in [6, 6.07) is 10.0. The highest BCUT2D eigenvalue weighted by Crippen LogP contribution is 2.25. The van der Waals surface area contributed by atoms with Gasteiger partial charge in [0.05, 0.1) is 12.1 Å². The van der Waals surface area contributed by atoms with E-state index < -0.39 is 0 Å². The number of carbonyl (C=O) groups is 2. The van der Waals surface area contributed by atoms with Crippen molar-refractivity contribution in [1.29, 1.82) is 0 Å². The SMILES string of the molecule is CCN(CC)C(=O)CN1CCN(C(=O)CCc2ccc(-c3ccccc3F)o2)CC1. The molecule has 2 amide bonds. The van der Waals surface area contributed by atoms with E-state index >= 15 is 0 Å². The van der Waals surface area contributed by atoms with Crippen molar-refractivity contribution in [2.45, 2.75) is 26.7 Å². The highest BCUT2D eigenvalue weighted by atomic mass is 19.1. The van der Waals surface area contributed by atoms with Crippen LogP contribution in [0.4, 0.5) is 4.39 Å². The summed E-state index contributed by atoms with van der Waals surface area (Å²) in [6.07, 6.45) is 0.830. The normalized spacial score (nSPS) is 14.7. The van der Waals surface area contributed by atoms with Crippen LogP contribution in [-0.2, 0) is 16.0 Å². The summed E-state index contributed by atoms with van der Waals surface area (Å²) in [6.45, 7) is 8.49. The van der Waals surface area contributed by atoms with Gasteiger partial charge in [0.15, 0.2) is 0 Å². The zero-order valence-electron chi connectivity index (χ0n) is 17.8. The fourth-order valence-corrected chi connectivity index (χ4v) is 3.73. The molecule has 1 aromatic carbocycles. The van der Waals surface area contributed by atoms with Crippen LogP contribution in [0.25, 0.3) is 11.3 Å². The summed E-state index contributed by atoms with van der Waals surface area (Å²) < 4.78 is 19.6. The lowest BCUT2D eigenvalue weighted by Gasteiger charge is -2.35. The number of rotatable bonds is 8. The molecule has 2 aromatic rings. The Labute approximate surface area is 177 Å². The summed E-state index contributed by atoms with van der Waals surface area (Å²) >= 11 is 0. The minimum absolute atomic E-state index is 0.0774. The van der Waals surface area contributed by atoms with Crippen LogP contribution in [0.5, 0.6) is 0 Å². The van der Waals surface area contributed by atoms with Gasteiger partial charge in [-0.15, -0.1) is 0 Å². The van der Waals surface area contributed by atoms with Gasteiger partial charge in [0, 0.05) is 52.1 Å². The fraction of sp³-hybridized carbons (Fsp3) is 0.478. The Bertz CT molecular complexity index is 855. The van der Waals surface area contributed by atoms with Gasteiger partial charge in [0.2, 0.25) is 11.8 Å². The molecular formula is C23H30FN3O3. The van der Waals surface area contributed by atoms with Gasteiger partial charge in [-0.2, -0.15) is 0 Å². The van der Waals surface area contributed by atoms with Gasteiger partial charge >= 0.3 is 0 Å². The first-order valence-corrected chi connectivity index (χ1v) is 10.6. The Balaban J connectivity index is 1.45. The monoisotopic (exact) mass is 415 g/mol. The van der Waals surface area contributed by atoms with E-state index in [1.54, 1.807) is 30.3 Å². The summed E-state index contributed by atoms with van der Waals surface area (Å²) in [5.41, 5.74) is 0.422. The van der Waals surface area contributed by atoms with E-state index in [1.165, 1.54) is 6.07 Å². The number of hydrogen-bond donors (Lipinski definition) is 0. The molecule has 0 saturated carbocycles. The maximum Gasteiger partial charge on any atom is 0.236 e. The zero-order chi connectivity index (χ0) is 21.5. The first-order chi connectivity index (χ1) is 14.5. The fourth-order valence-electron chi connectivity index (χ4n) is 3.73. The molecule has 0 spiro atoms. The molecule has 1 aromatic heterocycles. The Morgan fingerprint density at radius 3 is 2.40 bits per heavy atom. The molecule has 1 fully saturated rings. The van der Waals surface area contributed by atoms with Crippen LogP contribution >= 0.6 is 0 Å². The third-order valence-electron chi connectivity index (χ3n) is 5.59. The van der Waals surface area contributed by atoms with Gasteiger partial charge in [-0.05, 0) is 38.1 Å². The predicted octanol–water partition coefficient (Wildman–Crippen LogP) is 3.03. The van der Waals surface area contributed by atoms with Gasteiger partial charge in [0.1, 0.15) is 17.3 Å². The molecule has 1 aliphatic rings. The Morgan fingerprint density at radius 1 is 1.03 bits per heavy atom. The molecule has 30 heavy (non-hydrogen) atoms. The first-order valence-electron chi connectivity index (χ1n) is 10.6. The zero-order valence-corrected chi connectivity index (χ0v) is 17.8. The van der Waals surface area contributed by atoms with Crippen molar-refractivity contribution in [2.24, 2.45) is 0 Å². The van der Waals surface area contributed by atoms with E-state index in [9.17, 15) is 14.0 Å². The quantitative estimate of drug-likeness (QED) is 0.665. The minimum Gasteiger partial charge on any atom is -0.461 e. The van der Waals surface area contributed by atoms with Crippen molar-refractivity contribution in [2.75, 3.05) is 45.8 Å². The maximum absolute atomic E-state index is 13.9. The third-order valence-corrected chi connectivity index (χ3v) is 5.59. The van der Waals surface area contributed by atoms with Crippen molar-refractivity contribution >= 4 is 11.8 Å². The molecule has 162 valence electrons. The number of piperazine rings is 1. The molecule has 0 radical (unpaired) electrons.